The van der Waals surface area contributed by atoms with Crippen molar-refractivity contribution in [2.45, 2.75) is 19.6 Å². The van der Waals surface area contributed by atoms with Gasteiger partial charge in [-0.05, 0) is 17.2 Å². The normalized spacial score (nSPS) is 14.6. The number of nitriles is 2. The van der Waals surface area contributed by atoms with Gasteiger partial charge in [-0.15, -0.1) is 0 Å². The molecule has 2 N–H and O–H groups in total. The van der Waals surface area contributed by atoms with Crippen molar-refractivity contribution in [3.8, 4) is 12.1 Å². The molecule has 0 aliphatic heterocycles. The predicted octanol–water partition coefficient (Wildman–Crippen LogP) is 2.38. The number of hydrogen-bond donors (Lipinski definition) is 2. The van der Waals surface area contributed by atoms with E-state index in [-0.39, 0.29) is 13.8 Å². The first-order valence-corrected chi connectivity index (χ1v) is 5.27. The van der Waals surface area contributed by atoms with E-state index < -0.39 is 5.79 Å². The summed E-state index contributed by atoms with van der Waals surface area (Å²) in [4.78, 5) is 0. The van der Waals surface area contributed by atoms with Crippen molar-refractivity contribution in [3.05, 3.63) is 54.1 Å². The van der Waals surface area contributed by atoms with Crippen LogP contribution >= 0.6 is 0 Å². The lowest BCUT2D eigenvalue weighted by molar-refractivity contribution is -0.114. The highest BCUT2D eigenvalue weighted by Crippen LogP contribution is 2.24. The summed E-state index contributed by atoms with van der Waals surface area (Å²) in [5.41, 5.74) is 2.13. The van der Waals surface area contributed by atoms with E-state index in [4.69, 9.17) is 10.5 Å². The van der Waals surface area contributed by atoms with Crippen molar-refractivity contribution in [1.82, 2.24) is 0 Å². The summed E-state index contributed by atoms with van der Waals surface area (Å²) in [6.45, 7) is 0. The van der Waals surface area contributed by atoms with E-state index in [2.05, 4.69) is 0 Å². The molecule has 19 heavy (non-hydrogen) atoms. The molecule has 0 spiro atoms. The van der Waals surface area contributed by atoms with Gasteiger partial charge in [0.25, 0.3) is 0 Å². The zero-order valence-electron chi connectivity index (χ0n) is 9.61. The summed E-state index contributed by atoms with van der Waals surface area (Å²) in [5, 5.41) is 33.1. The number of hydrogen-bond acceptors (Lipinski definition) is 4. The van der Waals surface area contributed by atoms with E-state index >= 15 is 0 Å². The maximum atomic E-state index is 9.26. The third-order valence-electron chi connectivity index (χ3n) is 2.31. The summed E-state index contributed by atoms with van der Waals surface area (Å²) in [5.74, 6) is -1.67. The average Bonchev–Trinajstić information content (AvgIpc) is 2.40. The molecule has 0 fully saturated rings. The molecular formula is C15H16N2O2. The van der Waals surface area contributed by atoms with E-state index in [1.54, 1.807) is 6.08 Å². The molecular weight excluding hydrogens is 240 g/mol. The maximum Gasteiger partial charge on any atom is 0.186 e. The molecule has 1 aromatic rings. The summed E-state index contributed by atoms with van der Waals surface area (Å²) in [6, 6.07) is 12.3. The standard InChI is InChI=1S/C12H12O2.C2N2.CH4/c13-12(14)8-6-11(7-9-12)10-4-2-1-3-5-10;3-1-2-4;/h1-8,13-14H,9H2;;1H4. The maximum absolute atomic E-state index is 9.26. The van der Waals surface area contributed by atoms with Crippen molar-refractivity contribution in [2.24, 2.45) is 0 Å². The smallest absolute Gasteiger partial charge is 0.186 e. The Kier molecular flexibility index (Phi) is 6.85. The molecule has 0 saturated heterocycles. The lowest BCUT2D eigenvalue weighted by Gasteiger charge is -2.19. The van der Waals surface area contributed by atoms with Gasteiger partial charge in [-0.1, -0.05) is 49.9 Å². The highest BCUT2D eigenvalue weighted by molar-refractivity contribution is 5.75. The van der Waals surface area contributed by atoms with Gasteiger partial charge in [0.15, 0.2) is 17.9 Å². The van der Waals surface area contributed by atoms with Crippen LogP contribution in [0.25, 0.3) is 5.57 Å². The van der Waals surface area contributed by atoms with Gasteiger partial charge in [0.05, 0.1) is 0 Å². The minimum atomic E-state index is -1.67. The van der Waals surface area contributed by atoms with E-state index in [0.29, 0.717) is 0 Å². The average molecular weight is 256 g/mol. The monoisotopic (exact) mass is 256 g/mol. The molecule has 2 rings (SSSR count). The Morgan fingerprint density at radius 1 is 1.05 bits per heavy atom. The Balaban J connectivity index is 0.000000576. The number of benzene rings is 1. The molecule has 1 aromatic carbocycles. The molecule has 0 saturated carbocycles. The topological polar surface area (TPSA) is 88.0 Å². The van der Waals surface area contributed by atoms with Gasteiger partial charge in [0, 0.05) is 6.42 Å². The van der Waals surface area contributed by atoms with Crippen molar-refractivity contribution < 1.29 is 10.2 Å². The molecule has 0 atom stereocenters. The van der Waals surface area contributed by atoms with Crippen molar-refractivity contribution in [1.29, 1.82) is 10.5 Å². The SMILES string of the molecule is C.N#CC#N.OC1(O)C=CC(c2ccccc2)=CC1. The van der Waals surface area contributed by atoms with Crippen LogP contribution < -0.4 is 0 Å². The Hall–Kier alpha value is -2.40. The number of aliphatic hydroxyl groups is 2. The number of rotatable bonds is 1. The second-order valence-electron chi connectivity index (χ2n) is 3.67. The van der Waals surface area contributed by atoms with Crippen LogP contribution in [0, 0.1) is 22.7 Å². The summed E-state index contributed by atoms with van der Waals surface area (Å²) < 4.78 is 0. The zero-order valence-corrected chi connectivity index (χ0v) is 9.61. The van der Waals surface area contributed by atoms with E-state index in [1.807, 2.05) is 36.4 Å². The van der Waals surface area contributed by atoms with E-state index in [0.717, 1.165) is 11.1 Å². The van der Waals surface area contributed by atoms with Crippen molar-refractivity contribution >= 4 is 5.57 Å². The van der Waals surface area contributed by atoms with Crippen molar-refractivity contribution in [3.63, 3.8) is 0 Å². The summed E-state index contributed by atoms with van der Waals surface area (Å²) in [6.07, 6.45) is 5.22. The lowest BCUT2D eigenvalue weighted by atomic mass is 9.97. The van der Waals surface area contributed by atoms with Crippen LogP contribution in [0.3, 0.4) is 0 Å². The van der Waals surface area contributed by atoms with Gasteiger partial charge in [-0.25, -0.2) is 0 Å². The molecule has 98 valence electrons. The molecule has 0 bridgehead atoms. The fraction of sp³-hybridized carbons (Fsp3) is 0.200. The third-order valence-corrected chi connectivity index (χ3v) is 2.31. The molecule has 4 nitrogen and oxygen atoms in total. The first-order chi connectivity index (χ1) is 8.59. The minimum Gasteiger partial charge on any atom is -0.362 e. The largest absolute Gasteiger partial charge is 0.362 e. The van der Waals surface area contributed by atoms with Gasteiger partial charge in [0.2, 0.25) is 0 Å². The summed E-state index contributed by atoms with van der Waals surface area (Å²) in [7, 11) is 0. The van der Waals surface area contributed by atoms with Crippen LogP contribution in [0.2, 0.25) is 0 Å². The van der Waals surface area contributed by atoms with Crippen LogP contribution in [0.4, 0.5) is 0 Å². The third kappa shape index (κ3) is 5.65. The van der Waals surface area contributed by atoms with Crippen LogP contribution in [-0.2, 0) is 0 Å². The van der Waals surface area contributed by atoms with Gasteiger partial charge in [-0.2, -0.15) is 10.5 Å². The van der Waals surface area contributed by atoms with Gasteiger partial charge >= 0.3 is 0 Å². The molecule has 0 amide bonds. The van der Waals surface area contributed by atoms with Crippen LogP contribution in [0.1, 0.15) is 19.4 Å². The molecule has 0 heterocycles. The second kappa shape index (κ2) is 7.84. The lowest BCUT2D eigenvalue weighted by Crippen LogP contribution is -2.25. The van der Waals surface area contributed by atoms with Gasteiger partial charge < -0.3 is 10.2 Å². The predicted molar refractivity (Wildman–Crippen MR) is 73.3 cm³/mol. The summed E-state index contributed by atoms with van der Waals surface area (Å²) >= 11 is 0. The molecule has 1 aliphatic carbocycles. The highest BCUT2D eigenvalue weighted by atomic mass is 16.5. The fourth-order valence-electron chi connectivity index (χ4n) is 1.46. The molecule has 1 aliphatic rings. The molecule has 0 aromatic heterocycles. The minimum absolute atomic E-state index is 0. The first-order valence-electron chi connectivity index (χ1n) is 5.27. The van der Waals surface area contributed by atoms with Crippen LogP contribution in [0.5, 0.6) is 0 Å². The van der Waals surface area contributed by atoms with Crippen LogP contribution in [-0.4, -0.2) is 16.0 Å². The van der Waals surface area contributed by atoms with Crippen molar-refractivity contribution in [2.75, 3.05) is 0 Å². The highest BCUT2D eigenvalue weighted by Gasteiger charge is 2.20. The zero-order chi connectivity index (χ0) is 13.4. The number of allylic oxidation sites excluding steroid dienone is 2. The van der Waals surface area contributed by atoms with E-state index in [1.165, 1.54) is 18.2 Å². The Bertz CT molecular complexity index is 520. The molecule has 4 heteroatoms. The quantitative estimate of drug-likeness (QED) is 0.755. The number of nitrogens with zero attached hydrogens (tertiary/aromatic N) is 2. The molecule has 0 radical (unpaired) electrons. The van der Waals surface area contributed by atoms with Gasteiger partial charge in [-0.3, -0.25) is 0 Å². The fourth-order valence-corrected chi connectivity index (χ4v) is 1.46. The Morgan fingerprint density at radius 2 is 1.63 bits per heavy atom. The first kappa shape index (κ1) is 16.6. The Morgan fingerprint density at radius 3 is 2.05 bits per heavy atom. The van der Waals surface area contributed by atoms with Gasteiger partial charge in [0.1, 0.15) is 0 Å². The second-order valence-corrected chi connectivity index (χ2v) is 3.67. The van der Waals surface area contributed by atoms with Crippen LogP contribution in [0.15, 0.2) is 48.6 Å². The Labute approximate surface area is 113 Å². The molecule has 0 unspecified atom stereocenters. The van der Waals surface area contributed by atoms with E-state index in [9.17, 15) is 10.2 Å².